The number of aliphatic hydroxyl groups excluding tert-OH is 3. The Morgan fingerprint density at radius 1 is 0.962 bits per heavy atom. The van der Waals surface area contributed by atoms with Crippen LogP contribution in [0, 0.1) is 11.8 Å². The standard InChI is InChI=1S/C54H84IN11O12/c1-10-23-54(55,24-11-2)37-27-41(70)65(52(37)74)26-22-40(69)61-42(32(5)6)50(73)59-33(7)49(72)60-35-20-18-34(19-21-35)29-77-53(75)56-25-16-14-15-17-39(68)62-43-38(28-67)78-51(46(76-9)45(43)71)63-48-44-47(58-30-64(48)8)66(31-57-44)36(12-3)13-4/h18-21,30-33,36-38,42-43,45-46,51-52,67,71,74H,10-17,22-29H2,1-9H3,(H5,56,59,60,61,62,68,69,72,73,75)/p+2/t33-,37?,38-,42-,43-,45+,46-,51-,52?/m0/s1. The normalized spacial score (nSPS) is 21.3. The molecule has 0 saturated carbocycles. The number of aryl methyl sites for hydroxylation is 1. The predicted octanol–water partition coefficient (Wildman–Crippen LogP) is 3.43. The number of H-pyrrole nitrogens is 1. The van der Waals surface area contributed by atoms with E-state index in [1.54, 1.807) is 49.0 Å². The van der Waals surface area contributed by atoms with E-state index in [1.165, 1.54) is 18.9 Å². The smallest absolute Gasteiger partial charge is 0.407 e. The van der Waals surface area contributed by atoms with Crippen molar-refractivity contribution >= 4 is 80.9 Å². The maximum absolute atomic E-state index is 13.3. The molecular weight excluding hydrogens is 1120 g/mol. The van der Waals surface area contributed by atoms with Gasteiger partial charge in [0, 0.05) is 54.5 Å². The number of carbonyl (C=O) groups is 6. The number of aromatic amines is 1. The number of nitrogens with zero attached hydrogens (tertiary/aromatic N) is 4. The van der Waals surface area contributed by atoms with Crippen LogP contribution in [0.2, 0.25) is 0 Å². The summed E-state index contributed by atoms with van der Waals surface area (Å²) in [5.41, 5.74) is 2.59. The summed E-state index contributed by atoms with van der Waals surface area (Å²) < 4.78 is 20.9. The number of nitrogens with one attached hydrogen (secondary N) is 7. The van der Waals surface area contributed by atoms with Gasteiger partial charge in [0.25, 0.3) is 5.82 Å². The minimum absolute atomic E-state index is 0.0194. The third-order valence-corrected chi connectivity index (χ3v) is 16.7. The first-order valence-corrected chi connectivity index (χ1v) is 28.7. The molecule has 23 nitrogen and oxygen atoms in total. The largest absolute Gasteiger partial charge is 0.445 e. The molecule has 0 radical (unpaired) electrons. The lowest BCUT2D eigenvalue weighted by Gasteiger charge is -2.43. The number of benzene rings is 1. The van der Waals surface area contributed by atoms with Crippen molar-refractivity contribution in [1.82, 2.24) is 36.1 Å². The number of halogens is 1. The Kier molecular flexibility index (Phi) is 24.7. The summed E-state index contributed by atoms with van der Waals surface area (Å²) in [5, 5.41) is 50.0. The summed E-state index contributed by atoms with van der Waals surface area (Å²) in [6, 6.07) is 4.03. The van der Waals surface area contributed by atoms with E-state index in [2.05, 4.69) is 96.7 Å². The van der Waals surface area contributed by atoms with Gasteiger partial charge in [0.05, 0.1) is 25.7 Å². The van der Waals surface area contributed by atoms with Gasteiger partial charge in [0.15, 0.2) is 6.33 Å². The molecule has 4 heterocycles. The van der Waals surface area contributed by atoms with E-state index >= 15 is 0 Å². The highest BCUT2D eigenvalue weighted by atomic mass is 127. The summed E-state index contributed by atoms with van der Waals surface area (Å²) >= 11 is 2.40. The van der Waals surface area contributed by atoms with Gasteiger partial charge in [0.2, 0.25) is 47.6 Å². The van der Waals surface area contributed by atoms with Crippen molar-refractivity contribution in [3.05, 3.63) is 42.5 Å². The van der Waals surface area contributed by atoms with Crippen molar-refractivity contribution in [2.45, 2.75) is 190 Å². The zero-order valence-corrected chi connectivity index (χ0v) is 49.0. The van der Waals surface area contributed by atoms with Gasteiger partial charge in [-0.25, -0.2) is 13.9 Å². The first-order valence-electron chi connectivity index (χ1n) is 27.6. The number of methoxy groups -OCH3 is 1. The fraction of sp³-hybridized carbons (Fsp3) is 0.685. The van der Waals surface area contributed by atoms with Crippen molar-refractivity contribution in [3.8, 4) is 0 Å². The molecule has 2 aliphatic heterocycles. The summed E-state index contributed by atoms with van der Waals surface area (Å²) in [6.45, 7) is 13.3. The molecule has 78 heavy (non-hydrogen) atoms. The van der Waals surface area contributed by atoms with Crippen LogP contribution in [-0.2, 0) is 51.8 Å². The molecule has 9 atom stereocenters. The Balaban J connectivity index is 0.974. The summed E-state index contributed by atoms with van der Waals surface area (Å²) in [6.07, 6.45) is 5.39. The molecule has 2 aliphatic rings. The summed E-state index contributed by atoms with van der Waals surface area (Å²) in [4.78, 5) is 87.4. The molecule has 2 fully saturated rings. The molecule has 0 spiro atoms. The average molecular weight is 1210 g/mol. The van der Waals surface area contributed by atoms with E-state index in [1.807, 2.05) is 13.4 Å². The van der Waals surface area contributed by atoms with Crippen molar-refractivity contribution < 1.29 is 67.4 Å². The molecular formula is C54H86IN11O12+2. The molecule has 2 unspecified atom stereocenters. The number of unbranched alkanes of at least 4 members (excludes halogenated alkanes) is 2. The number of fused-ring (bicyclic) bond motifs is 1. The number of rotatable bonds is 30. The molecule has 2 saturated heterocycles. The van der Waals surface area contributed by atoms with Gasteiger partial charge in [0.1, 0.15) is 43.2 Å². The Labute approximate surface area is 471 Å². The molecule has 6 amide bonds. The van der Waals surface area contributed by atoms with Crippen LogP contribution >= 0.6 is 22.6 Å². The molecule has 3 aromatic rings. The SMILES string of the molecule is CCCC(I)(CCC)C1CC(=O)N(CCC(=O)N[C@H](C(=O)N[C@@H](C)C(=O)Nc2ccc(COC(=O)NCCCCCC(=O)N[C@@H]3[C@@H](O)[C@H](OC)[C@@H](Nc4c5[nH]c[n+](C(CC)CC)c5nc[n+]4C)O[C@H]3CO)cc2)C(C)C)C1O. The fourth-order valence-corrected chi connectivity index (χ4v) is 12.0. The Bertz CT molecular complexity index is 2450. The number of amides is 6. The average Bonchev–Trinajstić information content (AvgIpc) is 4.00. The lowest BCUT2D eigenvalue weighted by Crippen LogP contribution is -2.66. The first kappa shape index (κ1) is 63.6. The molecule has 1 aromatic carbocycles. The second kappa shape index (κ2) is 30.3. The molecule has 24 heteroatoms. The second-order valence-electron chi connectivity index (χ2n) is 20.9. The van der Waals surface area contributed by atoms with Gasteiger partial charge >= 0.3 is 11.7 Å². The van der Waals surface area contributed by atoms with Crippen molar-refractivity contribution in [1.29, 1.82) is 0 Å². The molecule has 10 N–H and O–H groups in total. The molecule has 0 aliphatic carbocycles. The van der Waals surface area contributed by atoms with Crippen molar-refractivity contribution in [3.63, 3.8) is 0 Å². The number of likely N-dealkylation sites (tertiary alicyclic amines) is 1. The van der Waals surface area contributed by atoms with Crippen LogP contribution in [0.25, 0.3) is 11.2 Å². The van der Waals surface area contributed by atoms with E-state index in [0.29, 0.717) is 42.9 Å². The maximum atomic E-state index is 13.3. The maximum Gasteiger partial charge on any atom is 0.407 e. The quantitative estimate of drug-likeness (QED) is 0.0198. The van der Waals surface area contributed by atoms with Crippen LogP contribution in [0.4, 0.5) is 16.3 Å². The van der Waals surface area contributed by atoms with E-state index < -0.39 is 79.3 Å². The highest BCUT2D eigenvalue weighted by molar-refractivity contribution is 14.1. The number of carbonyl (C=O) groups excluding carboxylic acids is 6. The van der Waals surface area contributed by atoms with E-state index in [9.17, 15) is 44.1 Å². The third-order valence-electron chi connectivity index (χ3n) is 14.8. The monoisotopic (exact) mass is 1210 g/mol. The van der Waals surface area contributed by atoms with E-state index in [-0.39, 0.29) is 65.5 Å². The molecule has 434 valence electrons. The minimum atomic E-state index is -1.22. The summed E-state index contributed by atoms with van der Waals surface area (Å²) in [7, 11) is 3.27. The van der Waals surface area contributed by atoms with Crippen LogP contribution in [0.1, 0.15) is 137 Å². The number of hydrogen-bond acceptors (Lipinski definition) is 14. The zero-order chi connectivity index (χ0) is 57.3. The van der Waals surface area contributed by atoms with Gasteiger partial charge in [-0.05, 0) is 69.1 Å². The van der Waals surface area contributed by atoms with Crippen LogP contribution in [-0.4, -0.2) is 145 Å². The number of aliphatic hydroxyl groups is 3. The highest BCUT2D eigenvalue weighted by Gasteiger charge is 2.50. The van der Waals surface area contributed by atoms with Crippen LogP contribution < -0.4 is 41.0 Å². The van der Waals surface area contributed by atoms with E-state index in [4.69, 9.17) is 14.2 Å². The number of anilines is 2. The lowest BCUT2D eigenvalue weighted by atomic mass is 9.83. The number of imidazole rings is 1. The predicted molar refractivity (Wildman–Crippen MR) is 298 cm³/mol. The Hall–Kier alpha value is -5.28. The minimum Gasteiger partial charge on any atom is -0.445 e. The number of alkyl carbamates (subject to hydrolysis) is 1. The van der Waals surface area contributed by atoms with Crippen molar-refractivity contribution in [2.75, 3.05) is 37.4 Å². The number of hydrogen-bond donors (Lipinski definition) is 10. The van der Waals surface area contributed by atoms with Gasteiger partial charge < -0.3 is 61.0 Å². The van der Waals surface area contributed by atoms with Gasteiger partial charge in [-0.3, -0.25) is 34.3 Å². The number of aromatic nitrogens is 4. The lowest BCUT2D eigenvalue weighted by molar-refractivity contribution is -0.702. The van der Waals surface area contributed by atoms with E-state index in [0.717, 1.165) is 49.7 Å². The van der Waals surface area contributed by atoms with Crippen LogP contribution in [0.15, 0.2) is 36.9 Å². The number of alkyl halides is 1. The number of ether oxygens (including phenoxy) is 3. The topological polar surface area (TPSA) is 303 Å². The zero-order valence-electron chi connectivity index (χ0n) is 46.8. The third kappa shape index (κ3) is 16.6. The Morgan fingerprint density at radius 3 is 2.28 bits per heavy atom. The summed E-state index contributed by atoms with van der Waals surface area (Å²) in [5.74, 6) is -1.95. The highest BCUT2D eigenvalue weighted by Crippen LogP contribution is 2.45. The van der Waals surface area contributed by atoms with Crippen LogP contribution in [0.5, 0.6) is 0 Å². The van der Waals surface area contributed by atoms with Gasteiger partial charge in [-0.15, -0.1) is 0 Å². The van der Waals surface area contributed by atoms with Gasteiger partial charge in [-0.2, -0.15) is 0 Å². The van der Waals surface area contributed by atoms with Gasteiger partial charge in [-0.1, -0.05) is 101 Å². The first-order chi connectivity index (χ1) is 37.2. The second-order valence-corrected chi connectivity index (χ2v) is 23.0. The molecule has 5 rings (SSSR count). The molecule has 2 aromatic heterocycles. The van der Waals surface area contributed by atoms with Crippen molar-refractivity contribution in [2.24, 2.45) is 18.9 Å². The molecule has 0 bridgehead atoms. The Morgan fingerprint density at radius 2 is 1.65 bits per heavy atom. The fourth-order valence-electron chi connectivity index (χ4n) is 10.4. The van der Waals surface area contributed by atoms with Crippen LogP contribution in [0.3, 0.4) is 0 Å².